The summed E-state index contributed by atoms with van der Waals surface area (Å²) >= 11 is 3.63. The SMILES string of the molecule is COc1ccc(CC(Br)c2cc(C)cc(F)c2)cc1OC. The third-order valence-corrected chi connectivity index (χ3v) is 4.14. The second-order valence-corrected chi connectivity index (χ2v) is 6.03. The van der Waals surface area contributed by atoms with E-state index < -0.39 is 0 Å². The summed E-state index contributed by atoms with van der Waals surface area (Å²) in [7, 11) is 3.23. The van der Waals surface area contributed by atoms with Gasteiger partial charge in [0.1, 0.15) is 5.82 Å². The average molecular weight is 353 g/mol. The molecule has 0 heterocycles. The predicted molar refractivity (Wildman–Crippen MR) is 86.1 cm³/mol. The first-order valence-electron chi connectivity index (χ1n) is 6.65. The third kappa shape index (κ3) is 3.97. The summed E-state index contributed by atoms with van der Waals surface area (Å²) in [5, 5.41) is 0. The molecule has 0 spiro atoms. The van der Waals surface area contributed by atoms with Crippen LogP contribution in [-0.4, -0.2) is 14.2 Å². The van der Waals surface area contributed by atoms with Crippen molar-refractivity contribution in [2.24, 2.45) is 0 Å². The molecule has 0 aromatic heterocycles. The number of hydrogen-bond acceptors (Lipinski definition) is 2. The molecule has 0 aliphatic heterocycles. The molecule has 0 aliphatic rings. The fourth-order valence-corrected chi connectivity index (χ4v) is 2.92. The lowest BCUT2D eigenvalue weighted by molar-refractivity contribution is 0.354. The zero-order valence-electron chi connectivity index (χ0n) is 12.3. The Morgan fingerprint density at radius 1 is 1.05 bits per heavy atom. The number of halogens is 2. The first-order chi connectivity index (χ1) is 10.0. The summed E-state index contributed by atoms with van der Waals surface area (Å²) in [6, 6.07) is 10.9. The van der Waals surface area contributed by atoms with Gasteiger partial charge in [-0.3, -0.25) is 0 Å². The lowest BCUT2D eigenvalue weighted by Crippen LogP contribution is -1.98. The highest BCUT2D eigenvalue weighted by atomic mass is 79.9. The van der Waals surface area contributed by atoms with Gasteiger partial charge < -0.3 is 9.47 Å². The van der Waals surface area contributed by atoms with Crippen molar-refractivity contribution < 1.29 is 13.9 Å². The molecule has 112 valence electrons. The Kier molecular flexibility index (Phi) is 5.23. The minimum atomic E-state index is -0.207. The zero-order valence-corrected chi connectivity index (χ0v) is 13.9. The van der Waals surface area contributed by atoms with Crippen molar-refractivity contribution in [2.75, 3.05) is 14.2 Å². The van der Waals surface area contributed by atoms with E-state index in [-0.39, 0.29) is 10.6 Å². The molecule has 2 aromatic carbocycles. The van der Waals surface area contributed by atoms with Crippen LogP contribution in [0.4, 0.5) is 4.39 Å². The molecule has 0 fully saturated rings. The van der Waals surface area contributed by atoms with E-state index in [0.29, 0.717) is 11.5 Å². The van der Waals surface area contributed by atoms with Gasteiger partial charge in [-0.25, -0.2) is 4.39 Å². The van der Waals surface area contributed by atoms with Crippen molar-refractivity contribution in [3.8, 4) is 11.5 Å². The molecule has 0 saturated carbocycles. The Morgan fingerprint density at radius 3 is 2.38 bits per heavy atom. The Balaban J connectivity index is 2.20. The standard InChI is InChI=1S/C17H18BrFO2/c1-11-6-13(10-14(19)7-11)15(18)8-12-4-5-16(20-2)17(9-12)21-3/h4-7,9-10,15H,8H2,1-3H3. The molecule has 2 nitrogen and oxygen atoms in total. The van der Waals surface area contributed by atoms with Crippen LogP contribution in [0.25, 0.3) is 0 Å². The van der Waals surface area contributed by atoms with E-state index in [1.807, 2.05) is 31.2 Å². The van der Waals surface area contributed by atoms with Crippen LogP contribution in [-0.2, 0) is 6.42 Å². The number of methoxy groups -OCH3 is 2. The van der Waals surface area contributed by atoms with E-state index in [0.717, 1.165) is 23.1 Å². The summed E-state index contributed by atoms with van der Waals surface area (Å²) in [6.07, 6.45) is 0.739. The maximum absolute atomic E-state index is 13.5. The second kappa shape index (κ2) is 6.94. The molecule has 2 aromatic rings. The van der Waals surface area contributed by atoms with Gasteiger partial charge in [0.05, 0.1) is 14.2 Å². The van der Waals surface area contributed by atoms with Crippen LogP contribution in [0.3, 0.4) is 0 Å². The van der Waals surface area contributed by atoms with Crippen LogP contribution in [0, 0.1) is 12.7 Å². The van der Waals surface area contributed by atoms with Crippen LogP contribution in [0.5, 0.6) is 11.5 Å². The second-order valence-electron chi connectivity index (χ2n) is 4.92. The summed E-state index contributed by atoms with van der Waals surface area (Å²) in [5.41, 5.74) is 2.94. The predicted octanol–water partition coefficient (Wildman–Crippen LogP) is 4.83. The Labute approximate surface area is 133 Å². The molecule has 0 aliphatic carbocycles. The van der Waals surface area contributed by atoms with Crippen LogP contribution >= 0.6 is 15.9 Å². The van der Waals surface area contributed by atoms with Gasteiger partial charge in [-0.2, -0.15) is 0 Å². The van der Waals surface area contributed by atoms with Crippen molar-refractivity contribution in [1.29, 1.82) is 0 Å². The van der Waals surface area contributed by atoms with Gasteiger partial charge in [0.2, 0.25) is 0 Å². The van der Waals surface area contributed by atoms with Crippen LogP contribution in [0.2, 0.25) is 0 Å². The minimum absolute atomic E-state index is 0.0463. The van der Waals surface area contributed by atoms with Gasteiger partial charge in [0, 0.05) is 4.83 Å². The lowest BCUT2D eigenvalue weighted by atomic mass is 10.0. The van der Waals surface area contributed by atoms with Gasteiger partial charge in [0.25, 0.3) is 0 Å². The first-order valence-corrected chi connectivity index (χ1v) is 7.57. The fourth-order valence-electron chi connectivity index (χ4n) is 2.28. The Morgan fingerprint density at radius 2 is 1.76 bits per heavy atom. The van der Waals surface area contributed by atoms with E-state index in [9.17, 15) is 4.39 Å². The maximum atomic E-state index is 13.5. The largest absolute Gasteiger partial charge is 0.493 e. The monoisotopic (exact) mass is 352 g/mol. The molecule has 0 bridgehead atoms. The molecule has 4 heteroatoms. The van der Waals surface area contributed by atoms with Crippen molar-refractivity contribution >= 4 is 15.9 Å². The van der Waals surface area contributed by atoms with Crippen molar-refractivity contribution in [2.45, 2.75) is 18.2 Å². The van der Waals surface area contributed by atoms with Gasteiger partial charge >= 0.3 is 0 Å². The molecule has 0 N–H and O–H groups in total. The molecular weight excluding hydrogens is 335 g/mol. The van der Waals surface area contributed by atoms with Gasteiger partial charge in [-0.1, -0.05) is 28.1 Å². The van der Waals surface area contributed by atoms with Crippen molar-refractivity contribution in [3.63, 3.8) is 0 Å². The third-order valence-electron chi connectivity index (χ3n) is 3.29. The van der Waals surface area contributed by atoms with Gasteiger partial charge in [-0.05, 0) is 54.3 Å². The smallest absolute Gasteiger partial charge is 0.160 e. The topological polar surface area (TPSA) is 18.5 Å². The normalized spacial score (nSPS) is 12.0. The van der Waals surface area contributed by atoms with Crippen LogP contribution in [0.1, 0.15) is 21.5 Å². The summed E-state index contributed by atoms with van der Waals surface area (Å²) < 4.78 is 24.0. The number of ether oxygens (including phenoxy) is 2. The van der Waals surface area contributed by atoms with E-state index >= 15 is 0 Å². The average Bonchev–Trinajstić information content (AvgIpc) is 2.46. The molecular formula is C17H18BrFO2. The zero-order chi connectivity index (χ0) is 15.4. The van der Waals surface area contributed by atoms with Gasteiger partial charge in [-0.15, -0.1) is 0 Å². The number of hydrogen-bond donors (Lipinski definition) is 0. The maximum Gasteiger partial charge on any atom is 0.160 e. The number of benzene rings is 2. The van der Waals surface area contributed by atoms with E-state index in [1.165, 1.54) is 6.07 Å². The van der Waals surface area contributed by atoms with Crippen LogP contribution in [0.15, 0.2) is 36.4 Å². The highest BCUT2D eigenvalue weighted by molar-refractivity contribution is 9.09. The highest BCUT2D eigenvalue weighted by Crippen LogP contribution is 2.32. The molecule has 1 unspecified atom stereocenters. The summed E-state index contributed by atoms with van der Waals surface area (Å²) in [6.45, 7) is 1.89. The van der Waals surface area contributed by atoms with Crippen molar-refractivity contribution in [1.82, 2.24) is 0 Å². The molecule has 0 saturated heterocycles. The molecule has 0 amide bonds. The first kappa shape index (κ1) is 15.8. The lowest BCUT2D eigenvalue weighted by Gasteiger charge is -2.14. The number of alkyl halides is 1. The van der Waals surface area contributed by atoms with Crippen LogP contribution < -0.4 is 9.47 Å². The number of aryl methyl sites for hydroxylation is 1. The van der Waals surface area contributed by atoms with E-state index in [2.05, 4.69) is 15.9 Å². The summed E-state index contributed by atoms with van der Waals surface area (Å²) in [5.74, 6) is 1.20. The summed E-state index contributed by atoms with van der Waals surface area (Å²) in [4.78, 5) is 0.0463. The van der Waals surface area contributed by atoms with Gasteiger partial charge in [0.15, 0.2) is 11.5 Å². The quantitative estimate of drug-likeness (QED) is 0.717. The molecule has 1 atom stereocenters. The molecule has 21 heavy (non-hydrogen) atoms. The Bertz CT molecular complexity index is 608. The van der Waals surface area contributed by atoms with E-state index in [1.54, 1.807) is 20.3 Å². The number of rotatable bonds is 5. The fraction of sp³-hybridized carbons (Fsp3) is 0.294. The van der Waals surface area contributed by atoms with E-state index in [4.69, 9.17) is 9.47 Å². The minimum Gasteiger partial charge on any atom is -0.493 e. The molecule has 0 radical (unpaired) electrons. The molecule has 2 rings (SSSR count). The Hall–Kier alpha value is -1.55. The van der Waals surface area contributed by atoms with Crippen molar-refractivity contribution in [3.05, 3.63) is 58.9 Å². The highest BCUT2D eigenvalue weighted by Gasteiger charge is 2.12.